The Morgan fingerprint density at radius 2 is 1.71 bits per heavy atom. The summed E-state index contributed by atoms with van der Waals surface area (Å²) in [6, 6.07) is 17.7. The maximum absolute atomic E-state index is 11.1. The molecular formula is C19H24N4O. The average molecular weight is 324 g/mol. The third-order valence-corrected chi connectivity index (χ3v) is 3.70. The lowest BCUT2D eigenvalue weighted by molar-refractivity contribution is 0.100. The molecule has 0 saturated heterocycles. The molecule has 24 heavy (non-hydrogen) atoms. The van der Waals surface area contributed by atoms with E-state index in [1.165, 1.54) is 5.56 Å². The van der Waals surface area contributed by atoms with Crippen molar-refractivity contribution in [3.05, 3.63) is 71.3 Å². The number of nitrogens with one attached hydrogen (secondary N) is 2. The van der Waals surface area contributed by atoms with Crippen molar-refractivity contribution in [2.75, 3.05) is 13.6 Å². The number of primary amides is 1. The second-order valence-corrected chi connectivity index (χ2v) is 5.50. The van der Waals surface area contributed by atoms with Gasteiger partial charge in [-0.2, -0.15) is 0 Å². The third-order valence-electron chi connectivity index (χ3n) is 3.70. The first-order valence-corrected chi connectivity index (χ1v) is 8.06. The summed E-state index contributed by atoms with van der Waals surface area (Å²) >= 11 is 0. The normalized spacial score (nSPS) is 11.1. The number of rotatable bonds is 7. The zero-order valence-electron chi connectivity index (χ0n) is 14.0. The van der Waals surface area contributed by atoms with Gasteiger partial charge < -0.3 is 16.4 Å². The molecule has 0 bridgehead atoms. The first-order valence-electron chi connectivity index (χ1n) is 8.06. The van der Waals surface area contributed by atoms with Crippen molar-refractivity contribution in [2.45, 2.75) is 19.4 Å². The molecule has 0 fully saturated rings. The minimum absolute atomic E-state index is 0.412. The van der Waals surface area contributed by atoms with Crippen LogP contribution in [0.4, 0.5) is 0 Å². The van der Waals surface area contributed by atoms with Gasteiger partial charge in [-0.3, -0.25) is 9.79 Å². The van der Waals surface area contributed by atoms with Gasteiger partial charge in [-0.1, -0.05) is 42.5 Å². The van der Waals surface area contributed by atoms with Crippen molar-refractivity contribution >= 4 is 11.9 Å². The van der Waals surface area contributed by atoms with Crippen LogP contribution in [0.5, 0.6) is 0 Å². The minimum atomic E-state index is -0.412. The topological polar surface area (TPSA) is 79.5 Å². The predicted molar refractivity (Wildman–Crippen MR) is 97.9 cm³/mol. The molecule has 0 aliphatic rings. The molecule has 2 aromatic carbocycles. The summed E-state index contributed by atoms with van der Waals surface area (Å²) in [6.07, 6.45) is 2.08. The summed E-state index contributed by atoms with van der Waals surface area (Å²) in [5.74, 6) is 0.354. The van der Waals surface area contributed by atoms with E-state index in [4.69, 9.17) is 5.73 Å². The summed E-state index contributed by atoms with van der Waals surface area (Å²) in [6.45, 7) is 1.49. The van der Waals surface area contributed by atoms with Crippen LogP contribution in [0.15, 0.2) is 59.6 Å². The Morgan fingerprint density at radius 3 is 2.33 bits per heavy atom. The standard InChI is InChI=1S/C19H24N4O/c1-21-19(22-13-5-8-15-6-3-2-4-7-15)23-14-16-9-11-17(12-10-16)18(20)24/h2-4,6-7,9-12H,5,8,13-14H2,1H3,(H2,20,24)(H2,21,22,23). The largest absolute Gasteiger partial charge is 0.366 e. The fourth-order valence-corrected chi connectivity index (χ4v) is 2.34. The van der Waals surface area contributed by atoms with Gasteiger partial charge in [0.2, 0.25) is 5.91 Å². The van der Waals surface area contributed by atoms with Crippen molar-refractivity contribution in [3.8, 4) is 0 Å². The first-order chi connectivity index (χ1) is 11.7. The SMILES string of the molecule is CN=C(NCCCc1ccccc1)NCc1ccc(C(N)=O)cc1. The number of aliphatic imine (C=N–C) groups is 1. The number of nitrogens with two attached hydrogens (primary N) is 1. The number of carbonyl (C=O) groups is 1. The van der Waals surface area contributed by atoms with E-state index in [0.717, 1.165) is 30.9 Å². The Balaban J connectivity index is 1.71. The van der Waals surface area contributed by atoms with Crippen LogP contribution in [-0.2, 0) is 13.0 Å². The molecule has 1 amide bonds. The Labute approximate surface area is 143 Å². The number of carbonyl (C=O) groups excluding carboxylic acids is 1. The molecule has 4 N–H and O–H groups in total. The Hall–Kier alpha value is -2.82. The lowest BCUT2D eigenvalue weighted by Gasteiger charge is -2.12. The van der Waals surface area contributed by atoms with Gasteiger partial charge in [-0.15, -0.1) is 0 Å². The van der Waals surface area contributed by atoms with Crippen molar-refractivity contribution in [1.29, 1.82) is 0 Å². The number of guanidine groups is 1. The van der Waals surface area contributed by atoms with E-state index in [0.29, 0.717) is 12.1 Å². The quantitative estimate of drug-likeness (QED) is 0.414. The second-order valence-electron chi connectivity index (χ2n) is 5.50. The molecule has 0 atom stereocenters. The number of benzene rings is 2. The van der Waals surface area contributed by atoms with E-state index >= 15 is 0 Å². The first kappa shape index (κ1) is 17.5. The van der Waals surface area contributed by atoms with Crippen molar-refractivity contribution in [1.82, 2.24) is 10.6 Å². The molecule has 5 heteroatoms. The van der Waals surface area contributed by atoms with Crippen molar-refractivity contribution in [3.63, 3.8) is 0 Å². The number of nitrogens with zero attached hydrogens (tertiary/aromatic N) is 1. The Kier molecular flexibility index (Phi) is 6.83. The zero-order chi connectivity index (χ0) is 17.2. The van der Waals surface area contributed by atoms with E-state index in [-0.39, 0.29) is 0 Å². The van der Waals surface area contributed by atoms with E-state index in [9.17, 15) is 4.79 Å². The highest BCUT2D eigenvalue weighted by Crippen LogP contribution is 2.04. The molecule has 2 rings (SSSR count). The predicted octanol–water partition coefficient (Wildman–Crippen LogP) is 2.08. The fraction of sp³-hybridized carbons (Fsp3) is 0.263. The van der Waals surface area contributed by atoms with Crippen LogP contribution in [0.2, 0.25) is 0 Å². The molecule has 2 aromatic rings. The van der Waals surface area contributed by atoms with Gasteiger partial charge in [0, 0.05) is 25.7 Å². The molecule has 5 nitrogen and oxygen atoms in total. The van der Waals surface area contributed by atoms with Gasteiger partial charge in [-0.05, 0) is 36.1 Å². The molecule has 0 unspecified atom stereocenters. The molecular weight excluding hydrogens is 300 g/mol. The van der Waals surface area contributed by atoms with Crippen LogP contribution < -0.4 is 16.4 Å². The molecule has 0 radical (unpaired) electrons. The second kappa shape index (κ2) is 9.35. The van der Waals surface area contributed by atoms with E-state index in [1.54, 1.807) is 19.2 Å². The number of hydrogen-bond donors (Lipinski definition) is 3. The molecule has 126 valence electrons. The number of amides is 1. The van der Waals surface area contributed by atoms with Gasteiger partial charge in [0.1, 0.15) is 0 Å². The van der Waals surface area contributed by atoms with Crippen molar-refractivity contribution in [2.24, 2.45) is 10.7 Å². The molecule has 0 spiro atoms. The Morgan fingerprint density at radius 1 is 1.00 bits per heavy atom. The fourth-order valence-electron chi connectivity index (χ4n) is 2.34. The Bertz CT molecular complexity index is 666. The summed E-state index contributed by atoms with van der Waals surface area (Å²) in [4.78, 5) is 15.3. The highest BCUT2D eigenvalue weighted by molar-refractivity contribution is 5.92. The highest BCUT2D eigenvalue weighted by atomic mass is 16.1. The summed E-state index contributed by atoms with van der Waals surface area (Å²) in [5.41, 5.74) is 8.16. The van der Waals surface area contributed by atoms with Crippen LogP contribution >= 0.6 is 0 Å². The lowest BCUT2D eigenvalue weighted by atomic mass is 10.1. The van der Waals surface area contributed by atoms with Crippen LogP contribution in [0, 0.1) is 0 Å². The lowest BCUT2D eigenvalue weighted by Crippen LogP contribution is -2.37. The van der Waals surface area contributed by atoms with Gasteiger partial charge in [0.15, 0.2) is 5.96 Å². The van der Waals surface area contributed by atoms with Crippen molar-refractivity contribution < 1.29 is 4.79 Å². The minimum Gasteiger partial charge on any atom is -0.366 e. The maximum Gasteiger partial charge on any atom is 0.248 e. The molecule has 0 aliphatic carbocycles. The highest BCUT2D eigenvalue weighted by Gasteiger charge is 2.01. The van der Waals surface area contributed by atoms with Gasteiger partial charge >= 0.3 is 0 Å². The monoisotopic (exact) mass is 324 g/mol. The summed E-state index contributed by atoms with van der Waals surface area (Å²) in [5, 5.41) is 6.56. The van der Waals surface area contributed by atoms with E-state index in [1.807, 2.05) is 18.2 Å². The molecule has 0 heterocycles. The third kappa shape index (κ3) is 5.76. The van der Waals surface area contributed by atoms with Crippen LogP contribution in [0.1, 0.15) is 27.9 Å². The van der Waals surface area contributed by atoms with E-state index in [2.05, 4.69) is 39.9 Å². The molecule has 0 aromatic heterocycles. The number of hydrogen-bond acceptors (Lipinski definition) is 2. The number of aryl methyl sites for hydroxylation is 1. The smallest absolute Gasteiger partial charge is 0.248 e. The zero-order valence-corrected chi connectivity index (χ0v) is 14.0. The summed E-state index contributed by atoms with van der Waals surface area (Å²) < 4.78 is 0. The van der Waals surface area contributed by atoms with Crippen LogP contribution in [0.25, 0.3) is 0 Å². The maximum atomic E-state index is 11.1. The van der Waals surface area contributed by atoms with Crippen LogP contribution in [-0.4, -0.2) is 25.5 Å². The van der Waals surface area contributed by atoms with E-state index < -0.39 is 5.91 Å². The van der Waals surface area contributed by atoms with Gasteiger partial charge in [0.25, 0.3) is 0 Å². The summed E-state index contributed by atoms with van der Waals surface area (Å²) in [7, 11) is 1.75. The van der Waals surface area contributed by atoms with Crippen LogP contribution in [0.3, 0.4) is 0 Å². The van der Waals surface area contributed by atoms with Gasteiger partial charge in [0.05, 0.1) is 0 Å². The average Bonchev–Trinajstić information content (AvgIpc) is 2.62. The molecule has 0 aliphatic heterocycles. The van der Waals surface area contributed by atoms with Gasteiger partial charge in [-0.25, -0.2) is 0 Å². The molecule has 0 saturated carbocycles.